The van der Waals surface area contributed by atoms with Crippen molar-refractivity contribution < 1.29 is 14.4 Å². The van der Waals surface area contributed by atoms with Crippen LogP contribution in [0.3, 0.4) is 0 Å². The molecule has 1 aliphatic heterocycles. The van der Waals surface area contributed by atoms with Crippen molar-refractivity contribution >= 4 is 29.6 Å². The second-order valence-electron chi connectivity index (χ2n) is 8.49. The molecular weight excluding hydrogens is 452 g/mol. The van der Waals surface area contributed by atoms with Gasteiger partial charge in [-0.05, 0) is 56.4 Å². The molecule has 2 N–H and O–H groups in total. The van der Waals surface area contributed by atoms with Crippen LogP contribution in [0.25, 0.3) is 5.69 Å². The Morgan fingerprint density at radius 3 is 2.68 bits per heavy atom. The van der Waals surface area contributed by atoms with Gasteiger partial charge < -0.3 is 5.32 Å². The van der Waals surface area contributed by atoms with Gasteiger partial charge in [0.15, 0.2) is 5.16 Å². The minimum Gasteiger partial charge on any atom is -0.322 e. The zero-order valence-corrected chi connectivity index (χ0v) is 20.1. The Bertz CT molecular complexity index is 1230. The lowest BCUT2D eigenvalue weighted by molar-refractivity contribution is -0.138. The van der Waals surface area contributed by atoms with E-state index in [1.165, 1.54) is 11.8 Å². The largest absolute Gasteiger partial charge is 0.344 e. The second kappa shape index (κ2) is 9.68. The smallest absolute Gasteiger partial charge is 0.322 e. The maximum absolute atomic E-state index is 12.9. The number of hydrazine groups is 1. The van der Waals surface area contributed by atoms with E-state index >= 15 is 0 Å². The van der Waals surface area contributed by atoms with Crippen LogP contribution >= 0.6 is 11.8 Å². The Kier molecular flexibility index (Phi) is 6.69. The van der Waals surface area contributed by atoms with Crippen LogP contribution in [0.4, 0.5) is 4.79 Å². The van der Waals surface area contributed by atoms with Crippen molar-refractivity contribution in [1.29, 1.82) is 0 Å². The van der Waals surface area contributed by atoms with E-state index in [4.69, 9.17) is 0 Å². The minimum absolute atomic E-state index is 0.0403. The number of benzene rings is 2. The highest BCUT2D eigenvalue weighted by atomic mass is 32.2. The Hall–Kier alpha value is -3.66. The van der Waals surface area contributed by atoms with Gasteiger partial charge in [0.2, 0.25) is 5.91 Å². The number of amides is 4. The molecule has 3 aromatic rings. The number of nitrogens with zero attached hydrogens (tertiary/aromatic N) is 4. The summed E-state index contributed by atoms with van der Waals surface area (Å²) < 4.78 is 1.81. The van der Waals surface area contributed by atoms with E-state index in [0.29, 0.717) is 18.0 Å². The lowest BCUT2D eigenvalue weighted by Crippen LogP contribution is -2.49. The van der Waals surface area contributed by atoms with Gasteiger partial charge in [-0.1, -0.05) is 54.2 Å². The number of thioether (sulfide) groups is 1. The molecule has 0 radical (unpaired) electrons. The van der Waals surface area contributed by atoms with Crippen molar-refractivity contribution in [3.05, 3.63) is 71.5 Å². The molecule has 4 amide bonds. The fourth-order valence-corrected chi connectivity index (χ4v) is 4.46. The number of aromatic nitrogens is 3. The fraction of sp³-hybridized carbons (Fsp3) is 0.292. The molecule has 0 saturated carbocycles. The van der Waals surface area contributed by atoms with Gasteiger partial charge >= 0.3 is 6.03 Å². The summed E-state index contributed by atoms with van der Waals surface area (Å²) in [6, 6.07) is 15.1. The van der Waals surface area contributed by atoms with E-state index in [1.54, 1.807) is 13.3 Å². The van der Waals surface area contributed by atoms with Gasteiger partial charge in [-0.15, -0.1) is 10.2 Å². The summed E-state index contributed by atoms with van der Waals surface area (Å²) >= 11 is 1.17. The van der Waals surface area contributed by atoms with Crippen LogP contribution in [0.5, 0.6) is 0 Å². The quantitative estimate of drug-likeness (QED) is 0.381. The predicted octanol–water partition coefficient (Wildman–Crippen LogP) is 2.95. The summed E-state index contributed by atoms with van der Waals surface area (Å²) in [7, 11) is 0. The molecule has 1 aliphatic rings. The highest BCUT2D eigenvalue weighted by molar-refractivity contribution is 7.99. The minimum atomic E-state index is -1.09. The standard InChI is InChI=1S/C24H26N6O3S/c1-16-9-10-17(2)19(13-16)29-15-25-27-23(29)34-14-20(31)28-30-21(32)24(3,26-22(30)33)12-11-18-7-5-4-6-8-18/h4-10,13,15H,11-12,14H2,1-3H3,(H,26,33)(H,28,31). The maximum Gasteiger partial charge on any atom is 0.344 e. The van der Waals surface area contributed by atoms with E-state index in [1.807, 2.05) is 66.9 Å². The maximum atomic E-state index is 12.9. The summed E-state index contributed by atoms with van der Waals surface area (Å²) in [6.45, 7) is 5.66. The van der Waals surface area contributed by atoms with E-state index in [0.717, 1.165) is 27.4 Å². The van der Waals surface area contributed by atoms with Crippen molar-refractivity contribution in [1.82, 2.24) is 30.5 Å². The molecule has 9 nitrogen and oxygen atoms in total. The molecule has 4 rings (SSSR count). The Morgan fingerprint density at radius 1 is 1.15 bits per heavy atom. The predicted molar refractivity (Wildman–Crippen MR) is 128 cm³/mol. The van der Waals surface area contributed by atoms with Crippen LogP contribution in [-0.4, -0.2) is 48.9 Å². The van der Waals surface area contributed by atoms with E-state index < -0.39 is 23.4 Å². The average molecular weight is 479 g/mol. The Morgan fingerprint density at radius 2 is 1.91 bits per heavy atom. The van der Waals surface area contributed by atoms with Gasteiger partial charge in [-0.25, -0.2) is 4.79 Å². The first kappa shape index (κ1) is 23.5. The van der Waals surface area contributed by atoms with Crippen LogP contribution in [0.1, 0.15) is 30.0 Å². The van der Waals surface area contributed by atoms with Gasteiger partial charge in [-0.2, -0.15) is 5.01 Å². The van der Waals surface area contributed by atoms with Crippen LogP contribution in [0.15, 0.2) is 60.0 Å². The second-order valence-corrected chi connectivity index (χ2v) is 9.43. The first-order valence-electron chi connectivity index (χ1n) is 10.9. The third kappa shape index (κ3) is 4.96. The first-order chi connectivity index (χ1) is 16.3. The topological polar surface area (TPSA) is 109 Å². The number of carbonyl (C=O) groups excluding carboxylic acids is 3. The van der Waals surface area contributed by atoms with Crippen molar-refractivity contribution in [2.75, 3.05) is 5.75 Å². The summed E-state index contributed by atoms with van der Waals surface area (Å²) in [4.78, 5) is 37.9. The summed E-state index contributed by atoms with van der Waals surface area (Å²) in [5, 5.41) is 12.1. The van der Waals surface area contributed by atoms with Crippen LogP contribution in [0, 0.1) is 13.8 Å². The van der Waals surface area contributed by atoms with E-state index in [9.17, 15) is 14.4 Å². The molecule has 34 heavy (non-hydrogen) atoms. The Balaban J connectivity index is 1.37. The molecule has 2 heterocycles. The lowest BCUT2D eigenvalue weighted by Gasteiger charge is -2.21. The third-order valence-electron chi connectivity index (χ3n) is 5.73. The first-order valence-corrected chi connectivity index (χ1v) is 11.9. The normalized spacial score (nSPS) is 17.7. The molecule has 1 saturated heterocycles. The molecule has 1 unspecified atom stereocenters. The molecule has 176 valence electrons. The number of carbonyl (C=O) groups is 3. The highest BCUT2D eigenvalue weighted by Crippen LogP contribution is 2.24. The zero-order valence-electron chi connectivity index (χ0n) is 19.2. The monoisotopic (exact) mass is 478 g/mol. The van der Waals surface area contributed by atoms with E-state index in [-0.39, 0.29) is 5.75 Å². The molecule has 1 aromatic heterocycles. The van der Waals surface area contributed by atoms with Gasteiger partial charge in [0.1, 0.15) is 11.9 Å². The number of hydrogen-bond acceptors (Lipinski definition) is 6. The number of imide groups is 1. The van der Waals surface area contributed by atoms with Crippen LogP contribution < -0.4 is 10.7 Å². The molecule has 2 aromatic carbocycles. The molecule has 0 spiro atoms. The number of nitrogens with one attached hydrogen (secondary N) is 2. The van der Waals surface area contributed by atoms with Crippen molar-refractivity contribution in [2.24, 2.45) is 0 Å². The molecule has 0 bridgehead atoms. The van der Waals surface area contributed by atoms with Gasteiger partial charge in [0, 0.05) is 0 Å². The van der Waals surface area contributed by atoms with Crippen molar-refractivity contribution in [3.63, 3.8) is 0 Å². The number of aryl methyl sites for hydroxylation is 3. The zero-order chi connectivity index (χ0) is 24.3. The van der Waals surface area contributed by atoms with Crippen LogP contribution in [0.2, 0.25) is 0 Å². The molecule has 10 heteroatoms. The van der Waals surface area contributed by atoms with Crippen LogP contribution in [-0.2, 0) is 16.0 Å². The molecule has 0 aliphatic carbocycles. The number of urea groups is 1. The third-order valence-corrected chi connectivity index (χ3v) is 6.67. The van der Waals surface area contributed by atoms with Gasteiger partial charge in [-0.3, -0.25) is 19.6 Å². The number of hydrogen-bond donors (Lipinski definition) is 2. The van der Waals surface area contributed by atoms with Crippen molar-refractivity contribution in [2.45, 2.75) is 44.3 Å². The summed E-state index contributed by atoms with van der Waals surface area (Å²) in [5.41, 5.74) is 5.48. The number of rotatable bonds is 8. The van der Waals surface area contributed by atoms with E-state index in [2.05, 4.69) is 20.9 Å². The highest BCUT2D eigenvalue weighted by Gasteiger charge is 2.48. The Labute approximate surface area is 201 Å². The average Bonchev–Trinajstić information content (AvgIpc) is 3.37. The molecule has 1 fully saturated rings. The fourth-order valence-electron chi connectivity index (χ4n) is 3.75. The summed E-state index contributed by atoms with van der Waals surface area (Å²) in [5.74, 6) is -1.01. The van der Waals surface area contributed by atoms with Crippen molar-refractivity contribution in [3.8, 4) is 5.69 Å². The van der Waals surface area contributed by atoms with Gasteiger partial charge in [0.25, 0.3) is 5.91 Å². The molecule has 1 atom stereocenters. The molecular formula is C24H26N6O3S. The SMILES string of the molecule is Cc1ccc(C)c(-n2cnnc2SCC(=O)NN2C(=O)NC(C)(CCc3ccccc3)C2=O)c1. The van der Waals surface area contributed by atoms with Gasteiger partial charge in [0.05, 0.1) is 11.4 Å². The summed E-state index contributed by atoms with van der Waals surface area (Å²) in [6.07, 6.45) is 2.63. The lowest BCUT2D eigenvalue weighted by atomic mass is 9.93.